The third kappa shape index (κ3) is 5.21. The molecule has 19 heavy (non-hydrogen) atoms. The van der Waals surface area contributed by atoms with Crippen LogP contribution in [0.4, 0.5) is 0 Å². The maximum Gasteiger partial charge on any atom is 0.251 e. The monoisotopic (exact) mass is 259 g/mol. The number of amides is 2. The zero-order valence-electron chi connectivity index (χ0n) is 11.1. The fourth-order valence-electron chi connectivity index (χ4n) is 1.52. The molecule has 5 nitrogen and oxygen atoms in total. The Hall–Kier alpha value is -2.35. The zero-order valence-corrected chi connectivity index (χ0v) is 11.1. The van der Waals surface area contributed by atoms with Crippen LogP contribution in [-0.2, 0) is 4.79 Å². The van der Waals surface area contributed by atoms with Crippen LogP contribution in [0.1, 0.15) is 36.2 Å². The molecule has 0 radical (unpaired) electrons. The quantitative estimate of drug-likeness (QED) is 0.833. The fraction of sp³-hybridized carbons (Fsp3) is 0.357. The van der Waals surface area contributed by atoms with Gasteiger partial charge in [-0.2, -0.15) is 5.26 Å². The Labute approximate surface area is 112 Å². The fourth-order valence-corrected chi connectivity index (χ4v) is 1.52. The van der Waals surface area contributed by atoms with Gasteiger partial charge in [0.1, 0.15) is 0 Å². The first kappa shape index (κ1) is 14.7. The third-order valence-corrected chi connectivity index (χ3v) is 2.34. The van der Waals surface area contributed by atoms with Crippen molar-refractivity contribution in [3.05, 3.63) is 35.4 Å². The van der Waals surface area contributed by atoms with E-state index < -0.39 is 0 Å². The lowest BCUT2D eigenvalue weighted by atomic mass is 10.1. The lowest BCUT2D eigenvalue weighted by Crippen LogP contribution is -2.34. The van der Waals surface area contributed by atoms with E-state index in [0.717, 1.165) is 0 Å². The first-order valence-electron chi connectivity index (χ1n) is 6.10. The number of hydrogen-bond donors (Lipinski definition) is 2. The molecule has 0 fully saturated rings. The SMILES string of the molecule is CC(C)NC(=O)CCNC(=O)c1cccc(C#N)c1. The second-order valence-electron chi connectivity index (χ2n) is 4.42. The summed E-state index contributed by atoms with van der Waals surface area (Å²) < 4.78 is 0. The number of benzene rings is 1. The highest BCUT2D eigenvalue weighted by atomic mass is 16.2. The Morgan fingerprint density at radius 3 is 2.74 bits per heavy atom. The Kier molecular flexibility index (Phi) is 5.55. The van der Waals surface area contributed by atoms with E-state index >= 15 is 0 Å². The van der Waals surface area contributed by atoms with Gasteiger partial charge in [-0.25, -0.2) is 0 Å². The van der Waals surface area contributed by atoms with Gasteiger partial charge >= 0.3 is 0 Å². The molecule has 0 unspecified atom stereocenters. The van der Waals surface area contributed by atoms with Gasteiger partial charge in [-0.15, -0.1) is 0 Å². The van der Waals surface area contributed by atoms with Crippen molar-refractivity contribution in [3.63, 3.8) is 0 Å². The number of carbonyl (C=O) groups is 2. The number of nitriles is 1. The molecule has 0 heterocycles. The van der Waals surface area contributed by atoms with Gasteiger partial charge in [0.25, 0.3) is 5.91 Å². The molecule has 0 saturated heterocycles. The number of nitrogens with zero attached hydrogens (tertiary/aromatic N) is 1. The van der Waals surface area contributed by atoms with Gasteiger partial charge in [-0.1, -0.05) is 6.07 Å². The summed E-state index contributed by atoms with van der Waals surface area (Å²) in [5.41, 5.74) is 0.855. The Bertz CT molecular complexity index is 504. The van der Waals surface area contributed by atoms with E-state index in [9.17, 15) is 9.59 Å². The summed E-state index contributed by atoms with van der Waals surface area (Å²) in [5, 5.41) is 14.1. The molecule has 100 valence electrons. The number of nitrogens with one attached hydrogen (secondary N) is 2. The van der Waals surface area contributed by atoms with Crippen LogP contribution in [0.25, 0.3) is 0 Å². The van der Waals surface area contributed by atoms with Crippen LogP contribution in [0.15, 0.2) is 24.3 Å². The van der Waals surface area contributed by atoms with E-state index in [1.807, 2.05) is 19.9 Å². The van der Waals surface area contributed by atoms with Gasteiger partial charge in [-0.3, -0.25) is 9.59 Å². The molecule has 0 aliphatic heterocycles. The molecule has 0 saturated carbocycles. The Balaban J connectivity index is 2.43. The van der Waals surface area contributed by atoms with Crippen LogP contribution in [0.3, 0.4) is 0 Å². The molecule has 0 atom stereocenters. The molecular formula is C14H17N3O2. The van der Waals surface area contributed by atoms with E-state index in [-0.39, 0.29) is 30.8 Å². The standard InChI is InChI=1S/C14H17N3O2/c1-10(2)17-13(18)6-7-16-14(19)12-5-3-4-11(8-12)9-15/h3-5,8,10H,6-7H2,1-2H3,(H,16,19)(H,17,18). The van der Waals surface area contributed by atoms with Crippen molar-refractivity contribution in [2.75, 3.05) is 6.54 Å². The number of rotatable bonds is 5. The van der Waals surface area contributed by atoms with Crippen molar-refractivity contribution in [1.82, 2.24) is 10.6 Å². The molecule has 0 aromatic heterocycles. The maximum atomic E-state index is 11.8. The molecule has 5 heteroatoms. The first-order chi connectivity index (χ1) is 9.02. The second-order valence-corrected chi connectivity index (χ2v) is 4.42. The molecule has 1 rings (SSSR count). The minimum absolute atomic E-state index is 0.0931. The molecule has 0 spiro atoms. The highest BCUT2D eigenvalue weighted by molar-refractivity contribution is 5.94. The van der Waals surface area contributed by atoms with Crippen molar-refractivity contribution >= 4 is 11.8 Å². The van der Waals surface area contributed by atoms with Gasteiger partial charge in [0.15, 0.2) is 0 Å². The first-order valence-corrected chi connectivity index (χ1v) is 6.10. The lowest BCUT2D eigenvalue weighted by Gasteiger charge is -2.09. The average molecular weight is 259 g/mol. The molecule has 2 amide bonds. The average Bonchev–Trinajstić information content (AvgIpc) is 2.37. The molecule has 1 aromatic rings. The largest absolute Gasteiger partial charge is 0.354 e. The van der Waals surface area contributed by atoms with E-state index in [2.05, 4.69) is 10.6 Å². The van der Waals surface area contributed by atoms with Crippen molar-refractivity contribution < 1.29 is 9.59 Å². The second kappa shape index (κ2) is 7.17. The Morgan fingerprint density at radius 2 is 2.11 bits per heavy atom. The predicted molar refractivity (Wildman–Crippen MR) is 71.4 cm³/mol. The van der Waals surface area contributed by atoms with Crippen LogP contribution in [-0.4, -0.2) is 24.4 Å². The van der Waals surface area contributed by atoms with Crippen LogP contribution in [0, 0.1) is 11.3 Å². The maximum absolute atomic E-state index is 11.8. The summed E-state index contributed by atoms with van der Waals surface area (Å²) in [6.45, 7) is 4.03. The summed E-state index contributed by atoms with van der Waals surface area (Å²) in [5.74, 6) is -0.379. The van der Waals surface area contributed by atoms with E-state index in [4.69, 9.17) is 5.26 Å². The summed E-state index contributed by atoms with van der Waals surface area (Å²) >= 11 is 0. The van der Waals surface area contributed by atoms with Gasteiger partial charge in [0, 0.05) is 24.6 Å². The number of carbonyl (C=O) groups excluding carboxylic acids is 2. The van der Waals surface area contributed by atoms with Crippen molar-refractivity contribution in [1.29, 1.82) is 5.26 Å². The van der Waals surface area contributed by atoms with Crippen molar-refractivity contribution in [2.45, 2.75) is 26.3 Å². The molecular weight excluding hydrogens is 242 g/mol. The minimum Gasteiger partial charge on any atom is -0.354 e. The molecule has 0 aliphatic rings. The zero-order chi connectivity index (χ0) is 14.3. The normalized spacial score (nSPS) is 9.79. The predicted octanol–water partition coefficient (Wildman–Crippen LogP) is 1.20. The van der Waals surface area contributed by atoms with Gasteiger partial charge in [0.2, 0.25) is 5.91 Å². The van der Waals surface area contributed by atoms with E-state index in [1.54, 1.807) is 18.2 Å². The van der Waals surface area contributed by atoms with Crippen LogP contribution in [0.5, 0.6) is 0 Å². The summed E-state index contributed by atoms with van der Waals surface area (Å²) in [6, 6.07) is 8.50. The summed E-state index contributed by atoms with van der Waals surface area (Å²) in [7, 11) is 0. The summed E-state index contributed by atoms with van der Waals surface area (Å²) in [4.78, 5) is 23.1. The molecule has 0 bridgehead atoms. The van der Waals surface area contributed by atoms with E-state index in [0.29, 0.717) is 11.1 Å². The van der Waals surface area contributed by atoms with Crippen LogP contribution in [0.2, 0.25) is 0 Å². The summed E-state index contributed by atoms with van der Waals surface area (Å²) in [6.07, 6.45) is 0.238. The highest BCUT2D eigenvalue weighted by Gasteiger charge is 2.07. The third-order valence-electron chi connectivity index (χ3n) is 2.34. The highest BCUT2D eigenvalue weighted by Crippen LogP contribution is 2.03. The van der Waals surface area contributed by atoms with Gasteiger partial charge < -0.3 is 10.6 Å². The lowest BCUT2D eigenvalue weighted by molar-refractivity contribution is -0.121. The van der Waals surface area contributed by atoms with E-state index in [1.165, 1.54) is 6.07 Å². The van der Waals surface area contributed by atoms with Crippen molar-refractivity contribution in [2.24, 2.45) is 0 Å². The van der Waals surface area contributed by atoms with Gasteiger partial charge in [-0.05, 0) is 32.0 Å². The van der Waals surface area contributed by atoms with Gasteiger partial charge in [0.05, 0.1) is 11.6 Å². The topological polar surface area (TPSA) is 82.0 Å². The van der Waals surface area contributed by atoms with Crippen LogP contribution >= 0.6 is 0 Å². The molecule has 1 aromatic carbocycles. The van der Waals surface area contributed by atoms with Crippen molar-refractivity contribution in [3.8, 4) is 6.07 Å². The molecule has 0 aliphatic carbocycles. The van der Waals surface area contributed by atoms with Crippen LogP contribution < -0.4 is 10.6 Å². The minimum atomic E-state index is -0.283. The smallest absolute Gasteiger partial charge is 0.251 e. The Morgan fingerprint density at radius 1 is 1.37 bits per heavy atom. The molecule has 2 N–H and O–H groups in total. The number of hydrogen-bond acceptors (Lipinski definition) is 3.